The van der Waals surface area contributed by atoms with Crippen LogP contribution in [0, 0.1) is 5.92 Å². The zero-order valence-electron chi connectivity index (χ0n) is 9.83. The number of carbonyl (C=O) groups is 1. The minimum Gasteiger partial charge on any atom is -0.348 e. The van der Waals surface area contributed by atoms with Crippen molar-refractivity contribution in [2.24, 2.45) is 5.92 Å². The average molecular weight is 285 g/mol. The Balaban J connectivity index is 2.70. The lowest BCUT2D eigenvalue weighted by atomic mass is 10.0. The van der Waals surface area contributed by atoms with Crippen molar-refractivity contribution in [1.29, 1.82) is 0 Å². The Morgan fingerprint density at radius 3 is 2.81 bits per heavy atom. The van der Waals surface area contributed by atoms with Crippen LogP contribution in [0.25, 0.3) is 0 Å². The van der Waals surface area contributed by atoms with Gasteiger partial charge in [-0.25, -0.2) is 4.98 Å². The summed E-state index contributed by atoms with van der Waals surface area (Å²) in [5, 5.41) is 2.96. The molecule has 2 unspecified atom stereocenters. The Labute approximate surface area is 105 Å². The van der Waals surface area contributed by atoms with Crippen LogP contribution in [0.3, 0.4) is 0 Å². The summed E-state index contributed by atoms with van der Waals surface area (Å²) in [4.78, 5) is 16.0. The van der Waals surface area contributed by atoms with Crippen LogP contribution in [0.1, 0.15) is 37.7 Å². The first-order valence-corrected chi connectivity index (χ1v) is 6.27. The van der Waals surface area contributed by atoms with Gasteiger partial charge in [0.25, 0.3) is 5.91 Å². The van der Waals surface area contributed by atoms with Gasteiger partial charge in [-0.15, -0.1) is 0 Å². The maximum absolute atomic E-state index is 11.9. The molecule has 1 amide bonds. The third-order valence-electron chi connectivity index (χ3n) is 2.83. The zero-order chi connectivity index (χ0) is 12.1. The number of hydrogen-bond acceptors (Lipinski definition) is 2. The first-order valence-electron chi connectivity index (χ1n) is 5.47. The van der Waals surface area contributed by atoms with Gasteiger partial charge >= 0.3 is 0 Å². The van der Waals surface area contributed by atoms with E-state index >= 15 is 0 Å². The molecule has 0 aliphatic heterocycles. The van der Waals surface area contributed by atoms with Crippen LogP contribution in [-0.2, 0) is 0 Å². The normalized spacial score (nSPS) is 14.2. The summed E-state index contributed by atoms with van der Waals surface area (Å²) in [7, 11) is 0. The summed E-state index contributed by atoms with van der Waals surface area (Å²) in [6.07, 6.45) is 2.67. The van der Waals surface area contributed by atoms with Crippen molar-refractivity contribution in [3.63, 3.8) is 0 Å². The van der Waals surface area contributed by atoms with Gasteiger partial charge in [-0.2, -0.15) is 0 Å². The molecule has 0 aliphatic rings. The van der Waals surface area contributed by atoms with E-state index < -0.39 is 0 Å². The molecule has 1 rings (SSSR count). The van der Waals surface area contributed by atoms with Crippen LogP contribution in [-0.4, -0.2) is 16.9 Å². The monoisotopic (exact) mass is 284 g/mol. The Hall–Kier alpha value is -0.900. The summed E-state index contributed by atoms with van der Waals surface area (Å²) in [6.45, 7) is 6.26. The maximum atomic E-state index is 11.9. The molecule has 1 heterocycles. The molecule has 0 radical (unpaired) electrons. The Bertz CT molecular complexity index is 368. The smallest absolute Gasteiger partial charge is 0.271 e. The van der Waals surface area contributed by atoms with Crippen LogP contribution in [0.4, 0.5) is 0 Å². The van der Waals surface area contributed by atoms with E-state index in [1.165, 1.54) is 0 Å². The topological polar surface area (TPSA) is 42.0 Å². The molecular weight excluding hydrogens is 268 g/mol. The molecule has 0 spiro atoms. The molecule has 0 bridgehead atoms. The highest BCUT2D eigenvalue weighted by molar-refractivity contribution is 9.10. The number of carbonyl (C=O) groups excluding carboxylic acids is 1. The van der Waals surface area contributed by atoms with E-state index in [0.29, 0.717) is 11.6 Å². The van der Waals surface area contributed by atoms with E-state index in [2.05, 4.69) is 40.1 Å². The third-order valence-corrected chi connectivity index (χ3v) is 3.47. The third kappa shape index (κ3) is 3.30. The first-order chi connectivity index (χ1) is 7.56. The van der Waals surface area contributed by atoms with Gasteiger partial charge in [-0.05, 0) is 40.9 Å². The fourth-order valence-electron chi connectivity index (χ4n) is 1.32. The van der Waals surface area contributed by atoms with E-state index in [-0.39, 0.29) is 11.9 Å². The fraction of sp³-hybridized carbons (Fsp3) is 0.500. The van der Waals surface area contributed by atoms with Crippen molar-refractivity contribution < 1.29 is 4.79 Å². The summed E-state index contributed by atoms with van der Waals surface area (Å²) < 4.78 is 0.726. The van der Waals surface area contributed by atoms with Crippen molar-refractivity contribution in [3.8, 4) is 0 Å². The van der Waals surface area contributed by atoms with Crippen molar-refractivity contribution in [1.82, 2.24) is 10.3 Å². The number of hydrogen-bond donors (Lipinski definition) is 1. The number of aromatic nitrogens is 1. The second-order valence-electron chi connectivity index (χ2n) is 3.98. The largest absolute Gasteiger partial charge is 0.348 e. The van der Waals surface area contributed by atoms with Crippen molar-refractivity contribution >= 4 is 21.8 Å². The summed E-state index contributed by atoms with van der Waals surface area (Å²) in [5.41, 5.74) is 0.442. The minimum atomic E-state index is -0.125. The van der Waals surface area contributed by atoms with Gasteiger partial charge in [-0.3, -0.25) is 4.79 Å². The SMILES string of the molecule is CCC(C)C(C)NC(=O)c1ncccc1Br. The highest BCUT2D eigenvalue weighted by atomic mass is 79.9. The molecule has 0 aromatic carbocycles. The molecule has 4 heteroatoms. The second-order valence-corrected chi connectivity index (χ2v) is 4.84. The van der Waals surface area contributed by atoms with Crippen LogP contribution in [0.15, 0.2) is 22.8 Å². The van der Waals surface area contributed by atoms with E-state index in [1.54, 1.807) is 12.3 Å². The van der Waals surface area contributed by atoms with Gasteiger partial charge in [0, 0.05) is 16.7 Å². The van der Waals surface area contributed by atoms with Crippen molar-refractivity contribution in [3.05, 3.63) is 28.5 Å². The van der Waals surface area contributed by atoms with E-state index in [4.69, 9.17) is 0 Å². The van der Waals surface area contributed by atoms with Gasteiger partial charge in [0.2, 0.25) is 0 Å². The van der Waals surface area contributed by atoms with Crippen molar-refractivity contribution in [2.45, 2.75) is 33.2 Å². The maximum Gasteiger partial charge on any atom is 0.271 e. The molecule has 88 valence electrons. The fourth-order valence-corrected chi connectivity index (χ4v) is 1.76. The number of rotatable bonds is 4. The lowest BCUT2D eigenvalue weighted by Crippen LogP contribution is -2.37. The van der Waals surface area contributed by atoms with Crippen LogP contribution in [0.2, 0.25) is 0 Å². The predicted octanol–water partition coefficient (Wildman–Crippen LogP) is 3.01. The molecule has 1 aromatic heterocycles. The molecule has 0 saturated heterocycles. The molecule has 0 fully saturated rings. The van der Waals surface area contributed by atoms with Gasteiger partial charge < -0.3 is 5.32 Å². The average Bonchev–Trinajstić information content (AvgIpc) is 2.28. The zero-order valence-corrected chi connectivity index (χ0v) is 11.4. The molecule has 2 atom stereocenters. The quantitative estimate of drug-likeness (QED) is 0.924. The Kier molecular flexibility index (Phi) is 4.93. The van der Waals surface area contributed by atoms with Gasteiger partial charge in [0.1, 0.15) is 5.69 Å². The number of halogens is 1. The number of pyridine rings is 1. The van der Waals surface area contributed by atoms with Crippen LogP contribution >= 0.6 is 15.9 Å². The summed E-state index contributed by atoms with van der Waals surface area (Å²) >= 11 is 3.32. The molecule has 1 aromatic rings. The lowest BCUT2D eigenvalue weighted by molar-refractivity contribution is 0.0922. The van der Waals surface area contributed by atoms with E-state index in [0.717, 1.165) is 10.9 Å². The van der Waals surface area contributed by atoms with Gasteiger partial charge in [-0.1, -0.05) is 20.3 Å². The molecule has 0 aliphatic carbocycles. The summed E-state index contributed by atoms with van der Waals surface area (Å²) in [5.74, 6) is 0.340. The number of nitrogens with one attached hydrogen (secondary N) is 1. The molecular formula is C12H17BrN2O. The Morgan fingerprint density at radius 2 is 2.25 bits per heavy atom. The molecule has 1 N–H and O–H groups in total. The van der Waals surface area contributed by atoms with Gasteiger partial charge in [0.15, 0.2) is 0 Å². The van der Waals surface area contributed by atoms with E-state index in [9.17, 15) is 4.79 Å². The standard InChI is InChI=1S/C12H17BrN2O/c1-4-8(2)9(3)15-12(16)11-10(13)6-5-7-14-11/h5-9H,4H2,1-3H3,(H,15,16). The predicted molar refractivity (Wildman–Crippen MR) is 68.3 cm³/mol. The molecule has 3 nitrogen and oxygen atoms in total. The lowest BCUT2D eigenvalue weighted by Gasteiger charge is -2.19. The van der Waals surface area contributed by atoms with Gasteiger partial charge in [0.05, 0.1) is 0 Å². The molecule has 0 saturated carbocycles. The van der Waals surface area contributed by atoms with Crippen LogP contribution in [0.5, 0.6) is 0 Å². The molecule has 16 heavy (non-hydrogen) atoms. The number of amides is 1. The Morgan fingerprint density at radius 1 is 1.56 bits per heavy atom. The summed E-state index contributed by atoms with van der Waals surface area (Å²) in [6, 6.07) is 3.76. The number of nitrogens with zero attached hydrogens (tertiary/aromatic N) is 1. The van der Waals surface area contributed by atoms with E-state index in [1.807, 2.05) is 13.0 Å². The highest BCUT2D eigenvalue weighted by Crippen LogP contribution is 2.14. The first kappa shape index (κ1) is 13.2. The van der Waals surface area contributed by atoms with Crippen LogP contribution < -0.4 is 5.32 Å². The van der Waals surface area contributed by atoms with Crippen molar-refractivity contribution in [2.75, 3.05) is 0 Å². The second kappa shape index (κ2) is 5.99. The highest BCUT2D eigenvalue weighted by Gasteiger charge is 2.16. The minimum absolute atomic E-state index is 0.125.